The van der Waals surface area contributed by atoms with Crippen LogP contribution in [0.1, 0.15) is 11.1 Å². The van der Waals surface area contributed by atoms with Gasteiger partial charge < -0.3 is 10.1 Å². The molecule has 1 heterocycles. The highest BCUT2D eigenvalue weighted by Gasteiger charge is 2.24. The van der Waals surface area contributed by atoms with Crippen LogP contribution in [0.4, 0.5) is 14.5 Å². The Labute approximate surface area is 196 Å². The second-order valence-corrected chi connectivity index (χ2v) is 8.54. The fourth-order valence-corrected chi connectivity index (χ4v) is 4.30. The molecule has 0 aliphatic carbocycles. The van der Waals surface area contributed by atoms with E-state index in [1.165, 1.54) is 36.4 Å². The monoisotopic (exact) mass is 490 g/mol. The second-order valence-electron chi connectivity index (χ2n) is 6.69. The number of carbonyl (C=O) groups is 1. The maximum Gasteiger partial charge on any atom is 0.264 e. The van der Waals surface area contributed by atoms with Crippen LogP contribution in [0.5, 0.6) is 5.75 Å². The maximum absolute atomic E-state index is 13.3. The van der Waals surface area contributed by atoms with E-state index < -0.39 is 0 Å². The van der Waals surface area contributed by atoms with Gasteiger partial charge in [-0.15, -0.1) is 0 Å². The third-order valence-electron chi connectivity index (χ3n) is 4.30. The molecule has 0 aromatic heterocycles. The number of nitrogens with one attached hydrogen (secondary N) is 1. The molecule has 0 spiro atoms. The van der Waals surface area contributed by atoms with Gasteiger partial charge >= 0.3 is 0 Å². The summed E-state index contributed by atoms with van der Waals surface area (Å²) >= 11 is 13.8. The molecule has 1 fully saturated rings. The molecule has 0 saturated carbocycles. The fourth-order valence-electron chi connectivity index (χ4n) is 2.85. The Kier molecular flexibility index (Phi) is 6.79. The highest BCUT2D eigenvalue weighted by Crippen LogP contribution is 2.36. The third-order valence-corrected chi connectivity index (χ3v) is 5.77. The number of amides is 1. The SMILES string of the molecule is O=C1NC(=Nc2ccc(F)cc2)S/C1=C/c1cc(Cl)c(OCc2cccc(F)c2)c(Cl)c1. The van der Waals surface area contributed by atoms with Crippen molar-refractivity contribution >= 4 is 57.8 Å². The first-order valence-electron chi connectivity index (χ1n) is 9.29. The summed E-state index contributed by atoms with van der Waals surface area (Å²) in [4.78, 5) is 17.0. The van der Waals surface area contributed by atoms with E-state index in [0.29, 0.717) is 26.9 Å². The smallest absolute Gasteiger partial charge is 0.264 e. The van der Waals surface area contributed by atoms with Crippen LogP contribution in [0.25, 0.3) is 6.08 Å². The highest BCUT2D eigenvalue weighted by molar-refractivity contribution is 8.18. The van der Waals surface area contributed by atoms with Crippen molar-refractivity contribution in [2.75, 3.05) is 0 Å². The van der Waals surface area contributed by atoms with Crippen LogP contribution in [0.15, 0.2) is 70.6 Å². The Hall–Kier alpha value is -2.87. The lowest BCUT2D eigenvalue weighted by Gasteiger charge is -2.11. The number of nitrogens with zero attached hydrogens (tertiary/aromatic N) is 1. The van der Waals surface area contributed by atoms with Gasteiger partial charge in [0, 0.05) is 0 Å². The molecule has 0 bridgehead atoms. The number of halogens is 4. The minimum absolute atomic E-state index is 0.0963. The molecule has 4 rings (SSSR count). The Balaban J connectivity index is 1.50. The topological polar surface area (TPSA) is 50.7 Å². The molecule has 0 unspecified atom stereocenters. The molecule has 3 aromatic rings. The van der Waals surface area contributed by atoms with E-state index in [2.05, 4.69) is 10.3 Å². The molecule has 1 saturated heterocycles. The van der Waals surface area contributed by atoms with Crippen molar-refractivity contribution in [2.45, 2.75) is 6.61 Å². The highest BCUT2D eigenvalue weighted by atomic mass is 35.5. The van der Waals surface area contributed by atoms with Crippen LogP contribution < -0.4 is 10.1 Å². The first kappa shape index (κ1) is 22.3. The van der Waals surface area contributed by atoms with E-state index in [1.807, 2.05) is 0 Å². The van der Waals surface area contributed by atoms with Crippen molar-refractivity contribution in [1.29, 1.82) is 0 Å². The molecule has 1 aliphatic rings. The first-order valence-corrected chi connectivity index (χ1v) is 10.9. The van der Waals surface area contributed by atoms with E-state index in [4.69, 9.17) is 27.9 Å². The first-order chi connectivity index (χ1) is 15.4. The van der Waals surface area contributed by atoms with E-state index >= 15 is 0 Å². The van der Waals surface area contributed by atoms with Crippen molar-refractivity contribution < 1.29 is 18.3 Å². The average molecular weight is 491 g/mol. The van der Waals surface area contributed by atoms with Gasteiger partial charge in [-0.2, -0.15) is 0 Å². The van der Waals surface area contributed by atoms with Gasteiger partial charge in [0.1, 0.15) is 18.2 Å². The molecule has 1 aliphatic heterocycles. The Bertz CT molecular complexity index is 1220. The van der Waals surface area contributed by atoms with E-state index in [1.54, 1.807) is 30.3 Å². The van der Waals surface area contributed by atoms with Crippen LogP contribution in [0.2, 0.25) is 10.0 Å². The van der Waals surface area contributed by atoms with Crippen molar-refractivity contribution in [3.63, 3.8) is 0 Å². The molecule has 1 amide bonds. The van der Waals surface area contributed by atoms with Crippen molar-refractivity contribution in [3.05, 3.63) is 98.4 Å². The lowest BCUT2D eigenvalue weighted by Crippen LogP contribution is -2.19. The standard InChI is InChI=1S/C23H14Cl2F2N2O2S/c24-18-9-14(10-19(25)21(18)31-12-13-2-1-3-16(27)8-13)11-20-22(30)29-23(32-20)28-17-6-4-15(26)5-7-17/h1-11H,12H2,(H,28,29,30)/b20-11+. The summed E-state index contributed by atoms with van der Waals surface area (Å²) in [7, 11) is 0. The predicted molar refractivity (Wildman–Crippen MR) is 124 cm³/mol. The summed E-state index contributed by atoms with van der Waals surface area (Å²) in [6.07, 6.45) is 1.63. The molecule has 32 heavy (non-hydrogen) atoms. The maximum atomic E-state index is 13.3. The van der Waals surface area contributed by atoms with E-state index in [0.717, 1.165) is 11.8 Å². The van der Waals surface area contributed by atoms with Crippen LogP contribution in [0, 0.1) is 11.6 Å². The summed E-state index contributed by atoms with van der Waals surface area (Å²) in [5.41, 5.74) is 1.75. The average Bonchev–Trinajstić information content (AvgIpc) is 3.08. The number of hydrogen-bond acceptors (Lipinski definition) is 4. The summed E-state index contributed by atoms with van der Waals surface area (Å²) in [5.74, 6) is -0.786. The molecule has 3 aromatic carbocycles. The molecule has 1 N–H and O–H groups in total. The number of aliphatic imine (C=N–C) groups is 1. The van der Waals surface area contributed by atoms with Gasteiger partial charge in [0.2, 0.25) is 0 Å². The van der Waals surface area contributed by atoms with Gasteiger partial charge in [-0.3, -0.25) is 4.79 Å². The molecular weight excluding hydrogens is 477 g/mol. The minimum Gasteiger partial charge on any atom is -0.486 e. The Morgan fingerprint density at radius 2 is 1.72 bits per heavy atom. The zero-order valence-electron chi connectivity index (χ0n) is 16.2. The van der Waals surface area contributed by atoms with Crippen LogP contribution in [-0.2, 0) is 11.4 Å². The fraction of sp³-hybridized carbons (Fsp3) is 0.0435. The van der Waals surface area contributed by atoms with E-state index in [9.17, 15) is 13.6 Å². The summed E-state index contributed by atoms with van der Waals surface area (Å²) in [6, 6.07) is 14.9. The van der Waals surface area contributed by atoms with Gasteiger partial charge in [-0.05, 0) is 77.5 Å². The number of ether oxygens (including phenoxy) is 1. The summed E-state index contributed by atoms with van der Waals surface area (Å²) in [5, 5.41) is 3.54. The molecule has 9 heteroatoms. The molecular formula is C23H14Cl2F2N2O2S. The lowest BCUT2D eigenvalue weighted by molar-refractivity contribution is -0.115. The lowest BCUT2D eigenvalue weighted by atomic mass is 10.2. The van der Waals surface area contributed by atoms with Gasteiger partial charge in [0.15, 0.2) is 10.9 Å². The number of amidine groups is 1. The normalized spacial score (nSPS) is 15.9. The van der Waals surface area contributed by atoms with Crippen LogP contribution in [0.3, 0.4) is 0 Å². The Morgan fingerprint density at radius 1 is 1.00 bits per heavy atom. The molecule has 0 radical (unpaired) electrons. The van der Waals surface area contributed by atoms with Crippen molar-refractivity contribution in [3.8, 4) is 5.75 Å². The number of benzene rings is 3. The van der Waals surface area contributed by atoms with Crippen molar-refractivity contribution in [1.82, 2.24) is 5.32 Å². The largest absolute Gasteiger partial charge is 0.486 e. The number of thioether (sulfide) groups is 1. The predicted octanol–water partition coefficient (Wildman–Crippen LogP) is 6.74. The quantitative estimate of drug-likeness (QED) is 0.402. The number of rotatable bonds is 5. The van der Waals surface area contributed by atoms with Gasteiger partial charge in [-0.25, -0.2) is 13.8 Å². The van der Waals surface area contributed by atoms with Crippen LogP contribution >= 0.6 is 35.0 Å². The Morgan fingerprint density at radius 3 is 2.41 bits per heavy atom. The van der Waals surface area contributed by atoms with Gasteiger partial charge in [-0.1, -0.05) is 35.3 Å². The molecule has 162 valence electrons. The van der Waals surface area contributed by atoms with Crippen LogP contribution in [-0.4, -0.2) is 11.1 Å². The van der Waals surface area contributed by atoms with E-state index in [-0.39, 0.29) is 39.9 Å². The zero-order chi connectivity index (χ0) is 22.7. The third kappa shape index (κ3) is 5.48. The zero-order valence-corrected chi connectivity index (χ0v) is 18.6. The minimum atomic E-state index is -0.366. The summed E-state index contributed by atoms with van der Waals surface area (Å²) in [6.45, 7) is 0.0963. The second kappa shape index (κ2) is 9.73. The van der Waals surface area contributed by atoms with Gasteiger partial charge in [0.25, 0.3) is 5.91 Å². The number of carbonyl (C=O) groups excluding carboxylic acids is 1. The van der Waals surface area contributed by atoms with Crippen molar-refractivity contribution in [2.24, 2.45) is 4.99 Å². The van der Waals surface area contributed by atoms with Gasteiger partial charge in [0.05, 0.1) is 20.6 Å². The summed E-state index contributed by atoms with van der Waals surface area (Å²) < 4.78 is 32.0. The molecule has 4 nitrogen and oxygen atoms in total. The number of hydrogen-bond donors (Lipinski definition) is 1. The molecule has 0 atom stereocenters.